The molecule has 1 saturated heterocycles. The number of rotatable bonds is 2. The van der Waals surface area contributed by atoms with Crippen LogP contribution in [0.2, 0.25) is 5.02 Å². The highest BCUT2D eigenvalue weighted by Crippen LogP contribution is 2.28. The zero-order chi connectivity index (χ0) is 12.5. The number of nitrogens with zero attached hydrogens (tertiary/aromatic N) is 1. The Balaban J connectivity index is 1.89. The molecule has 3 heteroatoms. The van der Waals surface area contributed by atoms with Crippen molar-refractivity contribution in [1.29, 1.82) is 0 Å². The topological polar surface area (TPSA) is 17.0 Å². The number of hydrogen-bond donors (Lipinski definition) is 1. The largest absolute Gasteiger partial charge is 0.350 e. The molecule has 0 amide bonds. The molecule has 1 N–H and O–H groups in total. The quantitative estimate of drug-likeness (QED) is 0.878. The maximum Gasteiger partial charge on any atom is 0.0502 e. The van der Waals surface area contributed by atoms with Gasteiger partial charge in [-0.05, 0) is 62.0 Å². The van der Waals surface area contributed by atoms with E-state index in [0.717, 1.165) is 35.8 Å². The van der Waals surface area contributed by atoms with Gasteiger partial charge in [-0.3, -0.25) is 0 Å². The van der Waals surface area contributed by atoms with Crippen LogP contribution < -0.4 is 5.32 Å². The Labute approximate surface area is 113 Å². The molecule has 1 aliphatic rings. The van der Waals surface area contributed by atoms with Crippen LogP contribution in [0.5, 0.6) is 0 Å². The normalized spacial score (nSPS) is 17.4. The third-order valence-electron chi connectivity index (χ3n) is 4.00. The van der Waals surface area contributed by atoms with E-state index in [-0.39, 0.29) is 0 Å². The first-order valence-corrected chi connectivity index (χ1v) is 7.06. The second-order valence-corrected chi connectivity index (χ2v) is 5.74. The van der Waals surface area contributed by atoms with Crippen LogP contribution in [0.3, 0.4) is 0 Å². The van der Waals surface area contributed by atoms with Crippen LogP contribution in [0.1, 0.15) is 18.4 Å². The van der Waals surface area contributed by atoms with Gasteiger partial charge in [0, 0.05) is 24.1 Å². The first kappa shape index (κ1) is 12.1. The van der Waals surface area contributed by atoms with Gasteiger partial charge in [-0.1, -0.05) is 11.6 Å². The molecule has 3 rings (SSSR count). The van der Waals surface area contributed by atoms with Crippen molar-refractivity contribution in [3.63, 3.8) is 0 Å². The van der Waals surface area contributed by atoms with Crippen molar-refractivity contribution in [3.05, 3.63) is 35.0 Å². The highest BCUT2D eigenvalue weighted by Gasteiger charge is 2.14. The van der Waals surface area contributed by atoms with Crippen molar-refractivity contribution in [2.24, 2.45) is 13.0 Å². The van der Waals surface area contributed by atoms with Crippen LogP contribution in [-0.4, -0.2) is 17.7 Å². The minimum absolute atomic E-state index is 0.806. The van der Waals surface area contributed by atoms with E-state index in [1.807, 2.05) is 0 Å². The Hall–Kier alpha value is -0.990. The van der Waals surface area contributed by atoms with E-state index < -0.39 is 0 Å². The average molecular weight is 263 g/mol. The predicted octanol–water partition coefficient (Wildman–Crippen LogP) is 3.37. The fraction of sp³-hybridized carbons (Fsp3) is 0.467. The second kappa shape index (κ2) is 4.94. The standard InChI is InChI=1S/C15H19ClN2/c1-18-7-4-13-14(16)9-12(10-15(13)18)8-11-2-5-17-6-3-11/h4,7,9-11,17H,2-3,5-6,8H2,1H3. The minimum atomic E-state index is 0.806. The first-order chi connectivity index (χ1) is 8.74. The Morgan fingerprint density at radius 3 is 2.89 bits per heavy atom. The van der Waals surface area contributed by atoms with Crippen molar-refractivity contribution >= 4 is 22.5 Å². The van der Waals surface area contributed by atoms with Gasteiger partial charge >= 0.3 is 0 Å². The number of nitrogens with one attached hydrogen (secondary N) is 1. The molecule has 0 radical (unpaired) electrons. The van der Waals surface area contributed by atoms with E-state index >= 15 is 0 Å². The predicted molar refractivity (Wildman–Crippen MR) is 77.2 cm³/mol. The summed E-state index contributed by atoms with van der Waals surface area (Å²) in [6.07, 6.45) is 5.79. The Morgan fingerprint density at radius 1 is 1.33 bits per heavy atom. The van der Waals surface area contributed by atoms with Crippen molar-refractivity contribution in [3.8, 4) is 0 Å². The van der Waals surface area contributed by atoms with E-state index in [2.05, 4.69) is 41.3 Å². The molecule has 0 spiro atoms. The molecule has 2 nitrogen and oxygen atoms in total. The smallest absolute Gasteiger partial charge is 0.0502 e. The lowest BCUT2D eigenvalue weighted by molar-refractivity contribution is 0.373. The lowest BCUT2D eigenvalue weighted by atomic mass is 9.91. The summed E-state index contributed by atoms with van der Waals surface area (Å²) in [7, 11) is 2.08. The zero-order valence-electron chi connectivity index (χ0n) is 10.7. The lowest BCUT2D eigenvalue weighted by Gasteiger charge is -2.22. The van der Waals surface area contributed by atoms with E-state index in [9.17, 15) is 0 Å². The lowest BCUT2D eigenvalue weighted by Crippen LogP contribution is -2.28. The number of aromatic nitrogens is 1. The molecule has 1 fully saturated rings. The van der Waals surface area contributed by atoms with Crippen molar-refractivity contribution in [2.75, 3.05) is 13.1 Å². The summed E-state index contributed by atoms with van der Waals surface area (Å²) in [5.41, 5.74) is 2.62. The van der Waals surface area contributed by atoms with Crippen LogP contribution in [0.15, 0.2) is 24.4 Å². The summed E-state index contributed by atoms with van der Waals surface area (Å²) in [5, 5.41) is 5.46. The maximum absolute atomic E-state index is 6.37. The summed E-state index contributed by atoms with van der Waals surface area (Å²) in [5.74, 6) is 0.806. The highest BCUT2D eigenvalue weighted by atomic mass is 35.5. The summed E-state index contributed by atoms with van der Waals surface area (Å²) >= 11 is 6.37. The van der Waals surface area contributed by atoms with E-state index in [0.29, 0.717) is 0 Å². The molecule has 0 unspecified atom stereocenters. The van der Waals surface area contributed by atoms with Crippen molar-refractivity contribution < 1.29 is 0 Å². The second-order valence-electron chi connectivity index (χ2n) is 5.33. The summed E-state index contributed by atoms with van der Waals surface area (Å²) in [6, 6.07) is 6.53. The highest BCUT2D eigenvalue weighted by molar-refractivity contribution is 6.35. The van der Waals surface area contributed by atoms with Gasteiger partial charge in [0.25, 0.3) is 0 Å². The molecule has 2 aromatic rings. The number of fused-ring (bicyclic) bond motifs is 1. The van der Waals surface area contributed by atoms with Gasteiger partial charge in [-0.2, -0.15) is 0 Å². The fourth-order valence-electron chi connectivity index (χ4n) is 2.92. The monoisotopic (exact) mass is 262 g/mol. The Kier molecular flexibility index (Phi) is 3.31. The van der Waals surface area contributed by atoms with Crippen LogP contribution in [-0.2, 0) is 13.5 Å². The first-order valence-electron chi connectivity index (χ1n) is 6.68. The van der Waals surface area contributed by atoms with Gasteiger partial charge in [-0.15, -0.1) is 0 Å². The van der Waals surface area contributed by atoms with Crippen LogP contribution >= 0.6 is 11.6 Å². The van der Waals surface area contributed by atoms with E-state index in [1.165, 1.54) is 23.9 Å². The summed E-state index contributed by atoms with van der Waals surface area (Å²) in [4.78, 5) is 0. The number of aryl methyl sites for hydroxylation is 1. The van der Waals surface area contributed by atoms with Crippen LogP contribution in [0.4, 0.5) is 0 Å². The fourth-order valence-corrected chi connectivity index (χ4v) is 3.22. The summed E-state index contributed by atoms with van der Waals surface area (Å²) in [6.45, 7) is 2.32. The molecule has 0 saturated carbocycles. The molecular weight excluding hydrogens is 244 g/mol. The van der Waals surface area contributed by atoms with Gasteiger partial charge in [0.2, 0.25) is 0 Å². The van der Waals surface area contributed by atoms with Crippen molar-refractivity contribution in [2.45, 2.75) is 19.3 Å². The van der Waals surface area contributed by atoms with Crippen molar-refractivity contribution in [1.82, 2.24) is 9.88 Å². The molecule has 96 valence electrons. The van der Waals surface area contributed by atoms with Gasteiger partial charge in [0.05, 0.1) is 5.02 Å². The van der Waals surface area contributed by atoms with Crippen LogP contribution in [0, 0.1) is 5.92 Å². The molecular formula is C15H19ClN2. The number of piperidine rings is 1. The van der Waals surface area contributed by atoms with Gasteiger partial charge < -0.3 is 9.88 Å². The Morgan fingerprint density at radius 2 is 2.11 bits per heavy atom. The molecule has 1 aliphatic heterocycles. The molecule has 1 aromatic heterocycles. The number of benzene rings is 1. The molecule has 2 heterocycles. The van der Waals surface area contributed by atoms with Gasteiger partial charge in [0.15, 0.2) is 0 Å². The molecule has 0 bridgehead atoms. The van der Waals surface area contributed by atoms with Gasteiger partial charge in [-0.25, -0.2) is 0 Å². The number of halogens is 1. The van der Waals surface area contributed by atoms with E-state index in [1.54, 1.807) is 0 Å². The van der Waals surface area contributed by atoms with Crippen LogP contribution in [0.25, 0.3) is 10.9 Å². The SMILES string of the molecule is Cn1ccc2c(Cl)cc(CC3CCNCC3)cc21. The summed E-state index contributed by atoms with van der Waals surface area (Å²) < 4.78 is 2.15. The Bertz CT molecular complexity index is 553. The van der Waals surface area contributed by atoms with E-state index in [4.69, 9.17) is 11.6 Å². The maximum atomic E-state index is 6.37. The number of hydrogen-bond acceptors (Lipinski definition) is 1. The minimum Gasteiger partial charge on any atom is -0.350 e. The third-order valence-corrected chi connectivity index (χ3v) is 4.31. The third kappa shape index (κ3) is 2.27. The molecule has 0 aliphatic carbocycles. The molecule has 18 heavy (non-hydrogen) atoms. The van der Waals surface area contributed by atoms with Gasteiger partial charge in [0.1, 0.15) is 0 Å². The average Bonchev–Trinajstić information content (AvgIpc) is 2.73. The zero-order valence-corrected chi connectivity index (χ0v) is 11.5. The molecule has 1 aromatic carbocycles. The molecule has 0 atom stereocenters.